The second-order valence-electron chi connectivity index (χ2n) is 4.91. The van der Waals surface area contributed by atoms with Crippen LogP contribution in [0.4, 0.5) is 5.69 Å². The van der Waals surface area contributed by atoms with Gasteiger partial charge < -0.3 is 5.32 Å². The van der Waals surface area contributed by atoms with Crippen molar-refractivity contribution in [1.82, 2.24) is 9.38 Å². The zero-order valence-electron chi connectivity index (χ0n) is 12.1. The van der Waals surface area contributed by atoms with Crippen LogP contribution in [0.5, 0.6) is 0 Å². The fraction of sp³-hybridized carbons (Fsp3) is 0.125. The summed E-state index contributed by atoms with van der Waals surface area (Å²) in [6.45, 7) is 4.00. The molecule has 2 heterocycles. The molecule has 2 aromatic heterocycles. The molecule has 0 spiro atoms. The van der Waals surface area contributed by atoms with Crippen molar-refractivity contribution in [3.63, 3.8) is 0 Å². The first-order valence-corrected chi connectivity index (χ1v) is 8.62. The Balaban J connectivity index is 1.80. The minimum absolute atomic E-state index is 0.150. The van der Waals surface area contributed by atoms with Crippen LogP contribution in [-0.2, 0) is 4.79 Å². The number of aryl methyl sites for hydroxylation is 2. The summed E-state index contributed by atoms with van der Waals surface area (Å²) >= 11 is 3.86. The molecule has 0 bridgehead atoms. The molecular weight excluding hydrogens is 409 g/mol. The summed E-state index contributed by atoms with van der Waals surface area (Å²) in [6, 6.07) is 7.70. The van der Waals surface area contributed by atoms with E-state index in [1.54, 1.807) is 17.4 Å². The van der Waals surface area contributed by atoms with Crippen molar-refractivity contribution in [2.45, 2.75) is 13.8 Å². The molecule has 3 aromatic rings. The van der Waals surface area contributed by atoms with Crippen LogP contribution in [0.3, 0.4) is 0 Å². The van der Waals surface area contributed by atoms with E-state index < -0.39 is 0 Å². The number of nitrogens with zero attached hydrogens (tertiary/aromatic N) is 2. The number of rotatable bonds is 3. The average Bonchev–Trinajstić information content (AvgIpc) is 2.92. The van der Waals surface area contributed by atoms with Gasteiger partial charge in [0.2, 0.25) is 5.91 Å². The van der Waals surface area contributed by atoms with E-state index >= 15 is 0 Å². The average molecular weight is 423 g/mol. The molecule has 0 aliphatic carbocycles. The monoisotopic (exact) mass is 423 g/mol. The van der Waals surface area contributed by atoms with Crippen LogP contribution in [0.15, 0.2) is 36.5 Å². The fourth-order valence-electron chi connectivity index (χ4n) is 2.19. The van der Waals surface area contributed by atoms with Crippen LogP contribution in [0.2, 0.25) is 0 Å². The van der Waals surface area contributed by atoms with Crippen molar-refractivity contribution >= 4 is 56.6 Å². The third-order valence-electron chi connectivity index (χ3n) is 3.15. The van der Waals surface area contributed by atoms with E-state index in [1.807, 2.05) is 54.8 Å². The minimum Gasteiger partial charge on any atom is -0.322 e. The van der Waals surface area contributed by atoms with Gasteiger partial charge in [0.25, 0.3) is 0 Å². The van der Waals surface area contributed by atoms with Crippen molar-refractivity contribution < 1.29 is 4.79 Å². The van der Waals surface area contributed by atoms with E-state index in [1.165, 1.54) is 4.88 Å². The summed E-state index contributed by atoms with van der Waals surface area (Å²) in [7, 11) is 0. The summed E-state index contributed by atoms with van der Waals surface area (Å²) < 4.78 is 3.10. The fourth-order valence-corrected chi connectivity index (χ4v) is 3.61. The molecule has 0 aliphatic rings. The van der Waals surface area contributed by atoms with Gasteiger partial charge in [0, 0.05) is 26.4 Å². The minimum atomic E-state index is -0.150. The standard InChI is InChI=1S/C16H14IN3OS/c1-10-9-20-14(11(2)18-16(20)22-10)6-7-15(21)19-13-5-3-4-12(17)8-13/h3-9H,1-2H3,(H,19,21)/b7-6+. The molecular formula is C16H14IN3OS. The highest BCUT2D eigenvalue weighted by Crippen LogP contribution is 2.21. The topological polar surface area (TPSA) is 46.4 Å². The Kier molecular flexibility index (Phi) is 4.30. The maximum Gasteiger partial charge on any atom is 0.248 e. The van der Waals surface area contributed by atoms with Crippen molar-refractivity contribution in [1.29, 1.82) is 0 Å². The highest BCUT2D eigenvalue weighted by Gasteiger charge is 2.09. The molecule has 1 aromatic carbocycles. The predicted molar refractivity (Wildman–Crippen MR) is 99.4 cm³/mol. The van der Waals surface area contributed by atoms with Gasteiger partial charge >= 0.3 is 0 Å². The summed E-state index contributed by atoms with van der Waals surface area (Å²) in [5, 5.41) is 2.86. The van der Waals surface area contributed by atoms with Gasteiger partial charge in [-0.25, -0.2) is 4.98 Å². The van der Waals surface area contributed by atoms with Gasteiger partial charge in [-0.3, -0.25) is 9.20 Å². The molecule has 0 aliphatic heterocycles. The highest BCUT2D eigenvalue weighted by atomic mass is 127. The number of thiazole rings is 1. The molecule has 0 radical (unpaired) electrons. The van der Waals surface area contributed by atoms with Gasteiger partial charge in [-0.05, 0) is 60.7 Å². The zero-order valence-corrected chi connectivity index (χ0v) is 15.1. The van der Waals surface area contributed by atoms with Gasteiger partial charge in [0.15, 0.2) is 4.96 Å². The molecule has 4 nitrogen and oxygen atoms in total. The molecule has 0 fully saturated rings. The second-order valence-corrected chi connectivity index (χ2v) is 7.37. The van der Waals surface area contributed by atoms with Crippen molar-refractivity contribution in [3.8, 4) is 0 Å². The number of fused-ring (bicyclic) bond motifs is 1. The lowest BCUT2D eigenvalue weighted by Crippen LogP contribution is -2.07. The van der Waals surface area contributed by atoms with Crippen LogP contribution < -0.4 is 5.32 Å². The Bertz CT molecular complexity index is 879. The quantitative estimate of drug-likeness (QED) is 0.505. The smallest absolute Gasteiger partial charge is 0.248 e. The summed E-state index contributed by atoms with van der Waals surface area (Å²) in [6.07, 6.45) is 5.39. The van der Waals surface area contributed by atoms with Gasteiger partial charge in [0.05, 0.1) is 11.4 Å². The van der Waals surface area contributed by atoms with E-state index in [4.69, 9.17) is 0 Å². The lowest BCUT2D eigenvalue weighted by molar-refractivity contribution is -0.111. The van der Waals surface area contributed by atoms with Crippen LogP contribution in [0.1, 0.15) is 16.3 Å². The number of benzene rings is 1. The summed E-state index contributed by atoms with van der Waals surface area (Å²) in [5.74, 6) is -0.150. The number of hydrogen-bond acceptors (Lipinski definition) is 3. The SMILES string of the molecule is Cc1cn2c(/C=C/C(=O)Nc3cccc(I)c3)c(C)nc2s1. The Morgan fingerprint density at radius 2 is 2.23 bits per heavy atom. The first-order valence-electron chi connectivity index (χ1n) is 6.72. The number of imidazole rings is 1. The van der Waals surface area contributed by atoms with Crippen molar-refractivity contribution in [3.05, 3.63) is 56.4 Å². The second kappa shape index (κ2) is 6.21. The van der Waals surface area contributed by atoms with E-state index in [-0.39, 0.29) is 5.91 Å². The van der Waals surface area contributed by atoms with Gasteiger partial charge in [0.1, 0.15) is 0 Å². The highest BCUT2D eigenvalue weighted by molar-refractivity contribution is 14.1. The van der Waals surface area contributed by atoms with E-state index in [0.29, 0.717) is 0 Å². The molecule has 22 heavy (non-hydrogen) atoms. The molecule has 1 amide bonds. The Labute approximate surface area is 146 Å². The molecule has 112 valence electrons. The maximum atomic E-state index is 12.0. The lowest BCUT2D eigenvalue weighted by atomic mass is 10.3. The predicted octanol–water partition coefficient (Wildman–Crippen LogP) is 4.27. The van der Waals surface area contributed by atoms with Crippen LogP contribution in [0.25, 0.3) is 11.0 Å². The molecule has 1 N–H and O–H groups in total. The van der Waals surface area contributed by atoms with Crippen LogP contribution in [-0.4, -0.2) is 15.3 Å². The number of nitrogens with one attached hydrogen (secondary N) is 1. The molecule has 3 rings (SSSR count). The Morgan fingerprint density at radius 3 is 3.00 bits per heavy atom. The molecule has 0 unspecified atom stereocenters. The number of hydrogen-bond donors (Lipinski definition) is 1. The first-order chi connectivity index (χ1) is 10.5. The molecule has 0 saturated heterocycles. The van der Waals surface area contributed by atoms with Crippen LogP contribution in [0, 0.1) is 17.4 Å². The number of amides is 1. The lowest BCUT2D eigenvalue weighted by Gasteiger charge is -2.02. The molecule has 0 atom stereocenters. The van der Waals surface area contributed by atoms with Crippen LogP contribution >= 0.6 is 33.9 Å². The van der Waals surface area contributed by atoms with Crippen molar-refractivity contribution in [2.75, 3.05) is 5.32 Å². The number of carbonyl (C=O) groups is 1. The normalized spacial score (nSPS) is 11.4. The van der Waals surface area contributed by atoms with Crippen molar-refractivity contribution in [2.24, 2.45) is 0 Å². The Hall–Kier alpha value is -1.67. The number of aromatic nitrogens is 2. The van der Waals surface area contributed by atoms with Gasteiger partial charge in [-0.15, -0.1) is 11.3 Å². The first kappa shape index (κ1) is 15.2. The zero-order chi connectivity index (χ0) is 15.7. The third-order valence-corrected chi connectivity index (χ3v) is 4.72. The number of anilines is 1. The maximum absolute atomic E-state index is 12.0. The number of halogens is 1. The number of carbonyl (C=O) groups excluding carboxylic acids is 1. The van der Waals surface area contributed by atoms with Gasteiger partial charge in [-0.1, -0.05) is 6.07 Å². The summed E-state index contributed by atoms with van der Waals surface area (Å²) in [5.41, 5.74) is 2.66. The van der Waals surface area contributed by atoms with E-state index in [2.05, 4.69) is 32.9 Å². The molecule has 0 saturated carbocycles. The largest absolute Gasteiger partial charge is 0.322 e. The Morgan fingerprint density at radius 1 is 1.41 bits per heavy atom. The van der Waals surface area contributed by atoms with E-state index in [0.717, 1.165) is 25.6 Å². The van der Waals surface area contributed by atoms with Gasteiger partial charge in [-0.2, -0.15) is 0 Å². The van der Waals surface area contributed by atoms with E-state index in [9.17, 15) is 4.79 Å². The summed E-state index contributed by atoms with van der Waals surface area (Å²) in [4.78, 5) is 18.7. The third kappa shape index (κ3) is 3.22. The molecule has 6 heteroatoms.